The van der Waals surface area contributed by atoms with Gasteiger partial charge < -0.3 is 9.64 Å². The van der Waals surface area contributed by atoms with E-state index in [4.69, 9.17) is 4.74 Å². The lowest BCUT2D eigenvalue weighted by Crippen LogP contribution is -2.35. The van der Waals surface area contributed by atoms with E-state index < -0.39 is 0 Å². The maximum absolute atomic E-state index is 12.4. The molecule has 2 aliphatic carbocycles. The van der Waals surface area contributed by atoms with Crippen LogP contribution in [0.25, 0.3) is 0 Å². The Labute approximate surface area is 136 Å². The van der Waals surface area contributed by atoms with Crippen LogP contribution in [-0.2, 0) is 22.4 Å². The zero-order valence-corrected chi connectivity index (χ0v) is 13.4. The molecule has 0 radical (unpaired) electrons. The number of likely N-dealkylation sites (tertiary alicyclic amines) is 1. The third-order valence-corrected chi connectivity index (χ3v) is 5.55. The Morgan fingerprint density at radius 2 is 1.87 bits per heavy atom. The number of hydrogen-bond donors (Lipinski definition) is 0. The van der Waals surface area contributed by atoms with Gasteiger partial charge in [0, 0.05) is 19.0 Å². The van der Waals surface area contributed by atoms with E-state index in [9.17, 15) is 9.59 Å². The highest BCUT2D eigenvalue weighted by Crippen LogP contribution is 2.31. The summed E-state index contributed by atoms with van der Waals surface area (Å²) in [6.07, 6.45) is 8.23. The summed E-state index contributed by atoms with van der Waals surface area (Å²) in [5, 5.41) is 0. The van der Waals surface area contributed by atoms with Crippen LogP contribution in [0.3, 0.4) is 0 Å². The average Bonchev–Trinajstić information content (AvgIpc) is 3.26. The van der Waals surface area contributed by atoms with Gasteiger partial charge in [-0.05, 0) is 55.4 Å². The van der Waals surface area contributed by atoms with Crippen molar-refractivity contribution in [1.29, 1.82) is 0 Å². The van der Waals surface area contributed by atoms with Crippen LogP contribution in [0.5, 0.6) is 5.75 Å². The molecule has 0 aromatic heterocycles. The Balaban J connectivity index is 1.40. The molecular weight excluding hydrogens is 290 g/mol. The molecule has 0 bridgehead atoms. The minimum Gasteiger partial charge on any atom is -0.426 e. The molecule has 0 unspecified atom stereocenters. The lowest BCUT2D eigenvalue weighted by Gasteiger charge is -2.23. The summed E-state index contributed by atoms with van der Waals surface area (Å²) >= 11 is 0. The molecule has 1 saturated carbocycles. The standard InChI is InChI=1S/C19H23NO3/c21-18-11-15(12-20(18)16-6-1-2-7-16)19(22)23-17-9-8-13-4-3-5-14(13)10-17/h8-10,15-16H,1-7,11-12H2/t15-/m0/s1. The smallest absolute Gasteiger partial charge is 0.316 e. The van der Waals surface area contributed by atoms with Crippen molar-refractivity contribution in [3.8, 4) is 5.75 Å². The molecule has 3 aliphatic rings. The van der Waals surface area contributed by atoms with Crippen LogP contribution < -0.4 is 4.74 Å². The molecule has 23 heavy (non-hydrogen) atoms. The highest BCUT2D eigenvalue weighted by Gasteiger charge is 2.39. The molecule has 1 aliphatic heterocycles. The first kappa shape index (κ1) is 14.7. The Bertz CT molecular complexity index is 634. The number of nitrogens with zero attached hydrogens (tertiary/aromatic N) is 1. The molecule has 1 heterocycles. The van der Waals surface area contributed by atoms with E-state index in [2.05, 4.69) is 6.07 Å². The number of rotatable bonds is 3. The van der Waals surface area contributed by atoms with Gasteiger partial charge in [-0.3, -0.25) is 9.59 Å². The van der Waals surface area contributed by atoms with Gasteiger partial charge in [0.25, 0.3) is 0 Å². The van der Waals surface area contributed by atoms with Crippen molar-refractivity contribution in [3.63, 3.8) is 0 Å². The van der Waals surface area contributed by atoms with E-state index in [0.29, 0.717) is 24.8 Å². The Morgan fingerprint density at radius 3 is 2.70 bits per heavy atom. The van der Waals surface area contributed by atoms with Crippen molar-refractivity contribution in [3.05, 3.63) is 29.3 Å². The molecule has 122 valence electrons. The largest absolute Gasteiger partial charge is 0.426 e. The minimum absolute atomic E-state index is 0.118. The van der Waals surface area contributed by atoms with Crippen LogP contribution in [0.4, 0.5) is 0 Å². The zero-order valence-electron chi connectivity index (χ0n) is 13.4. The quantitative estimate of drug-likeness (QED) is 0.637. The minimum atomic E-state index is -0.309. The molecule has 1 aromatic rings. The lowest BCUT2D eigenvalue weighted by molar-refractivity contribution is -0.139. The van der Waals surface area contributed by atoms with Crippen molar-refractivity contribution < 1.29 is 14.3 Å². The number of esters is 1. The van der Waals surface area contributed by atoms with Crippen molar-refractivity contribution in [2.24, 2.45) is 5.92 Å². The maximum atomic E-state index is 12.4. The Kier molecular flexibility index (Phi) is 3.83. The highest BCUT2D eigenvalue weighted by molar-refractivity contribution is 5.87. The van der Waals surface area contributed by atoms with Crippen LogP contribution >= 0.6 is 0 Å². The number of amides is 1. The second-order valence-electron chi connectivity index (χ2n) is 7.09. The molecule has 1 amide bonds. The van der Waals surface area contributed by atoms with Crippen LogP contribution in [0.15, 0.2) is 18.2 Å². The second-order valence-corrected chi connectivity index (χ2v) is 7.09. The molecule has 4 nitrogen and oxygen atoms in total. The van der Waals surface area contributed by atoms with E-state index >= 15 is 0 Å². The molecule has 1 atom stereocenters. The molecule has 4 heteroatoms. The first-order valence-corrected chi connectivity index (χ1v) is 8.83. The van der Waals surface area contributed by atoms with Crippen molar-refractivity contribution >= 4 is 11.9 Å². The summed E-state index contributed by atoms with van der Waals surface area (Å²) in [7, 11) is 0. The van der Waals surface area contributed by atoms with Gasteiger partial charge in [-0.1, -0.05) is 18.9 Å². The summed E-state index contributed by atoms with van der Waals surface area (Å²) in [6.45, 7) is 0.535. The van der Waals surface area contributed by atoms with E-state index in [-0.39, 0.29) is 17.8 Å². The summed E-state index contributed by atoms with van der Waals surface area (Å²) < 4.78 is 5.57. The summed E-state index contributed by atoms with van der Waals surface area (Å²) in [5.41, 5.74) is 2.67. The number of fused-ring (bicyclic) bond motifs is 1. The fraction of sp³-hybridized carbons (Fsp3) is 0.579. The van der Waals surface area contributed by atoms with Gasteiger partial charge in [-0.2, -0.15) is 0 Å². The van der Waals surface area contributed by atoms with Gasteiger partial charge in [0.2, 0.25) is 5.91 Å². The number of benzene rings is 1. The second kappa shape index (κ2) is 5.99. The lowest BCUT2D eigenvalue weighted by atomic mass is 10.1. The Morgan fingerprint density at radius 1 is 1.09 bits per heavy atom. The summed E-state index contributed by atoms with van der Waals surface area (Å²) in [6, 6.07) is 6.29. The normalized spacial score (nSPS) is 24.3. The van der Waals surface area contributed by atoms with Gasteiger partial charge in [0.15, 0.2) is 0 Å². The number of carbonyl (C=O) groups excluding carboxylic acids is 2. The first-order chi connectivity index (χ1) is 11.2. The van der Waals surface area contributed by atoms with Gasteiger partial charge in [0.1, 0.15) is 5.75 Å². The number of carbonyl (C=O) groups is 2. The van der Waals surface area contributed by atoms with Crippen LogP contribution in [0.1, 0.15) is 49.7 Å². The van der Waals surface area contributed by atoms with Gasteiger partial charge in [0.05, 0.1) is 5.92 Å². The number of aryl methyl sites for hydroxylation is 2. The molecule has 4 rings (SSSR count). The van der Waals surface area contributed by atoms with Crippen LogP contribution in [0.2, 0.25) is 0 Å². The third-order valence-electron chi connectivity index (χ3n) is 5.55. The van der Waals surface area contributed by atoms with E-state index in [1.54, 1.807) is 0 Å². The van der Waals surface area contributed by atoms with Gasteiger partial charge in [-0.15, -0.1) is 0 Å². The van der Waals surface area contributed by atoms with Gasteiger partial charge in [-0.25, -0.2) is 0 Å². The van der Waals surface area contributed by atoms with Crippen LogP contribution in [-0.4, -0.2) is 29.4 Å². The fourth-order valence-corrected chi connectivity index (χ4v) is 4.27. The van der Waals surface area contributed by atoms with Gasteiger partial charge >= 0.3 is 5.97 Å². The monoisotopic (exact) mass is 313 g/mol. The van der Waals surface area contributed by atoms with E-state index in [0.717, 1.165) is 25.7 Å². The maximum Gasteiger partial charge on any atom is 0.316 e. The van der Waals surface area contributed by atoms with Crippen molar-refractivity contribution in [1.82, 2.24) is 4.90 Å². The summed E-state index contributed by atoms with van der Waals surface area (Å²) in [5.74, 6) is 0.184. The molecule has 0 spiro atoms. The molecule has 0 N–H and O–H groups in total. The zero-order chi connectivity index (χ0) is 15.8. The van der Waals surface area contributed by atoms with Crippen LogP contribution in [0, 0.1) is 5.92 Å². The summed E-state index contributed by atoms with van der Waals surface area (Å²) in [4.78, 5) is 26.5. The first-order valence-electron chi connectivity index (χ1n) is 8.83. The van der Waals surface area contributed by atoms with E-state index in [1.165, 1.54) is 30.4 Å². The van der Waals surface area contributed by atoms with E-state index in [1.807, 2.05) is 17.0 Å². The predicted octanol–water partition coefficient (Wildman–Crippen LogP) is 2.87. The number of ether oxygens (including phenoxy) is 1. The third kappa shape index (κ3) is 2.87. The molecular formula is C19H23NO3. The Hall–Kier alpha value is -1.84. The average molecular weight is 313 g/mol. The molecule has 1 aromatic carbocycles. The SMILES string of the molecule is O=C(Oc1ccc2c(c1)CCC2)[C@H]1CC(=O)N(C2CCCC2)C1. The molecule has 2 fully saturated rings. The topological polar surface area (TPSA) is 46.6 Å². The fourth-order valence-electron chi connectivity index (χ4n) is 4.27. The van der Waals surface area contributed by atoms with Crippen molar-refractivity contribution in [2.75, 3.05) is 6.54 Å². The van der Waals surface area contributed by atoms with Crippen molar-refractivity contribution in [2.45, 2.75) is 57.4 Å². The number of hydrogen-bond acceptors (Lipinski definition) is 3. The molecule has 1 saturated heterocycles. The highest BCUT2D eigenvalue weighted by atomic mass is 16.5. The predicted molar refractivity (Wildman–Crippen MR) is 86.2 cm³/mol.